The summed E-state index contributed by atoms with van der Waals surface area (Å²) in [5.74, 6) is 1.41. The lowest BCUT2D eigenvalue weighted by atomic mass is 10.1. The third kappa shape index (κ3) is 2.75. The molecule has 0 fully saturated rings. The number of carbonyl (C=O) groups excluding carboxylic acids is 1. The molecular formula is C15H17N3O4. The van der Waals surface area contributed by atoms with Crippen LogP contribution in [0.25, 0.3) is 0 Å². The first kappa shape index (κ1) is 14.4. The molecule has 0 bridgehead atoms. The van der Waals surface area contributed by atoms with Crippen LogP contribution in [0.2, 0.25) is 0 Å². The van der Waals surface area contributed by atoms with Crippen LogP contribution < -0.4 is 20.5 Å². The van der Waals surface area contributed by atoms with Crippen molar-refractivity contribution in [1.29, 1.82) is 0 Å². The van der Waals surface area contributed by atoms with Crippen molar-refractivity contribution < 1.29 is 18.7 Å². The predicted molar refractivity (Wildman–Crippen MR) is 78.8 cm³/mol. The number of fused-ring (bicyclic) bond motifs is 1. The molecule has 0 radical (unpaired) electrons. The number of nitrogens with one attached hydrogen (secondary N) is 1. The van der Waals surface area contributed by atoms with Gasteiger partial charge in [-0.3, -0.25) is 4.79 Å². The van der Waals surface area contributed by atoms with Gasteiger partial charge in [0.25, 0.3) is 5.91 Å². The predicted octanol–water partition coefficient (Wildman–Crippen LogP) is 2.31. The minimum absolute atomic E-state index is 0.170. The lowest BCUT2D eigenvalue weighted by molar-refractivity contribution is 0.102. The van der Waals surface area contributed by atoms with Crippen LogP contribution in [0.15, 0.2) is 28.9 Å². The van der Waals surface area contributed by atoms with Gasteiger partial charge in [0.1, 0.15) is 6.26 Å². The molecule has 0 aliphatic carbocycles. The van der Waals surface area contributed by atoms with Crippen molar-refractivity contribution >= 4 is 11.6 Å². The lowest BCUT2D eigenvalue weighted by Gasteiger charge is -2.10. The Morgan fingerprint density at radius 1 is 1.32 bits per heavy atom. The number of rotatable bonds is 4. The topological polar surface area (TPSA) is 99.6 Å². The summed E-state index contributed by atoms with van der Waals surface area (Å²) in [6.07, 6.45) is 1.31. The Morgan fingerprint density at radius 2 is 2.09 bits per heavy atom. The average Bonchev–Trinajstić information content (AvgIpc) is 3.14. The molecule has 1 aliphatic rings. The van der Waals surface area contributed by atoms with E-state index in [1.807, 2.05) is 13.8 Å². The summed E-state index contributed by atoms with van der Waals surface area (Å²) < 4.78 is 15.8. The Balaban J connectivity index is 1.72. The molecule has 7 heteroatoms. The number of nitrogens with zero attached hydrogens (tertiary/aromatic N) is 1. The van der Waals surface area contributed by atoms with Gasteiger partial charge in [-0.25, -0.2) is 4.98 Å². The van der Waals surface area contributed by atoms with Gasteiger partial charge in [-0.15, -0.1) is 0 Å². The van der Waals surface area contributed by atoms with Gasteiger partial charge in [-0.2, -0.15) is 0 Å². The normalized spacial score (nSPS) is 14.2. The molecule has 3 rings (SSSR count). The van der Waals surface area contributed by atoms with Crippen LogP contribution >= 0.6 is 0 Å². The number of amides is 1. The summed E-state index contributed by atoms with van der Waals surface area (Å²) in [7, 11) is 0. The first-order valence-corrected chi connectivity index (χ1v) is 6.96. The van der Waals surface area contributed by atoms with Crippen LogP contribution in [-0.4, -0.2) is 17.7 Å². The molecule has 1 aromatic carbocycles. The van der Waals surface area contributed by atoms with Gasteiger partial charge in [0.2, 0.25) is 12.7 Å². The second-order valence-corrected chi connectivity index (χ2v) is 5.36. The van der Waals surface area contributed by atoms with E-state index in [2.05, 4.69) is 10.3 Å². The van der Waals surface area contributed by atoms with E-state index >= 15 is 0 Å². The maximum absolute atomic E-state index is 12.2. The maximum atomic E-state index is 12.2. The third-order valence-electron chi connectivity index (χ3n) is 3.39. The number of nitrogens with two attached hydrogens (primary N) is 1. The highest BCUT2D eigenvalue weighted by Crippen LogP contribution is 2.34. The summed E-state index contributed by atoms with van der Waals surface area (Å²) >= 11 is 0. The van der Waals surface area contributed by atoms with E-state index in [0.29, 0.717) is 23.1 Å². The standard InChI is InChI=1S/C15H17N3O4/c1-8(2)13(16)15-18-10(6-20-15)14(19)17-9-3-4-11-12(5-9)22-7-21-11/h3-6,8,13H,7,16H2,1-2H3,(H,17,19). The maximum Gasteiger partial charge on any atom is 0.277 e. The lowest BCUT2D eigenvalue weighted by Crippen LogP contribution is -2.18. The molecule has 2 heterocycles. The second kappa shape index (κ2) is 5.69. The molecule has 22 heavy (non-hydrogen) atoms. The summed E-state index contributed by atoms with van der Waals surface area (Å²) in [5.41, 5.74) is 6.72. The quantitative estimate of drug-likeness (QED) is 0.899. The molecule has 0 saturated heterocycles. The number of anilines is 1. The van der Waals surface area contributed by atoms with Crippen molar-refractivity contribution in [1.82, 2.24) is 4.98 Å². The molecule has 116 valence electrons. The molecule has 0 spiro atoms. The fourth-order valence-electron chi connectivity index (χ4n) is 2.00. The Bertz CT molecular complexity index is 696. The fraction of sp³-hybridized carbons (Fsp3) is 0.333. The third-order valence-corrected chi connectivity index (χ3v) is 3.39. The zero-order valence-corrected chi connectivity index (χ0v) is 12.3. The minimum Gasteiger partial charge on any atom is -0.454 e. The molecule has 0 saturated carbocycles. The largest absolute Gasteiger partial charge is 0.454 e. The number of benzene rings is 1. The highest BCUT2D eigenvalue weighted by molar-refractivity contribution is 6.02. The number of carbonyl (C=O) groups is 1. The van der Waals surface area contributed by atoms with E-state index in [-0.39, 0.29) is 30.4 Å². The Kier molecular flexibility index (Phi) is 3.72. The van der Waals surface area contributed by atoms with Gasteiger partial charge >= 0.3 is 0 Å². The second-order valence-electron chi connectivity index (χ2n) is 5.36. The number of hydrogen-bond acceptors (Lipinski definition) is 6. The Morgan fingerprint density at radius 3 is 2.86 bits per heavy atom. The SMILES string of the molecule is CC(C)C(N)c1nc(C(=O)Nc2ccc3c(c2)OCO3)co1. The Hall–Kier alpha value is -2.54. The molecule has 1 aromatic heterocycles. The first-order chi connectivity index (χ1) is 10.5. The van der Waals surface area contributed by atoms with Crippen molar-refractivity contribution in [3.63, 3.8) is 0 Å². The zero-order chi connectivity index (χ0) is 15.7. The van der Waals surface area contributed by atoms with E-state index < -0.39 is 0 Å². The van der Waals surface area contributed by atoms with Gasteiger partial charge in [0.05, 0.1) is 6.04 Å². The molecule has 1 aliphatic heterocycles. The first-order valence-electron chi connectivity index (χ1n) is 6.96. The summed E-state index contributed by atoms with van der Waals surface area (Å²) in [5, 5.41) is 2.73. The minimum atomic E-state index is -0.371. The highest BCUT2D eigenvalue weighted by atomic mass is 16.7. The zero-order valence-electron chi connectivity index (χ0n) is 12.3. The van der Waals surface area contributed by atoms with Crippen LogP contribution in [0, 0.1) is 5.92 Å². The highest BCUT2D eigenvalue weighted by Gasteiger charge is 2.20. The molecule has 1 amide bonds. The van der Waals surface area contributed by atoms with Crippen LogP contribution in [0.3, 0.4) is 0 Å². The summed E-state index contributed by atoms with van der Waals surface area (Å²) in [6.45, 7) is 4.11. The van der Waals surface area contributed by atoms with E-state index in [1.165, 1.54) is 6.26 Å². The van der Waals surface area contributed by atoms with Crippen LogP contribution in [0.5, 0.6) is 11.5 Å². The number of ether oxygens (including phenoxy) is 2. The smallest absolute Gasteiger partial charge is 0.277 e. The summed E-state index contributed by atoms with van der Waals surface area (Å²) in [6, 6.07) is 4.82. The van der Waals surface area contributed by atoms with Gasteiger partial charge in [0.15, 0.2) is 17.2 Å². The van der Waals surface area contributed by atoms with Gasteiger partial charge < -0.3 is 24.9 Å². The van der Waals surface area contributed by atoms with Crippen molar-refractivity contribution in [3.8, 4) is 11.5 Å². The fourth-order valence-corrected chi connectivity index (χ4v) is 2.00. The molecule has 7 nitrogen and oxygen atoms in total. The monoisotopic (exact) mass is 303 g/mol. The number of oxazole rings is 1. The van der Waals surface area contributed by atoms with E-state index in [0.717, 1.165) is 0 Å². The van der Waals surface area contributed by atoms with Crippen molar-refractivity contribution in [3.05, 3.63) is 36.0 Å². The molecule has 1 unspecified atom stereocenters. The average molecular weight is 303 g/mol. The van der Waals surface area contributed by atoms with E-state index in [9.17, 15) is 4.79 Å². The van der Waals surface area contributed by atoms with Crippen LogP contribution in [0.1, 0.15) is 36.3 Å². The number of hydrogen-bond donors (Lipinski definition) is 2. The molecule has 3 N–H and O–H groups in total. The van der Waals surface area contributed by atoms with Crippen molar-refractivity contribution in [2.24, 2.45) is 11.7 Å². The van der Waals surface area contributed by atoms with Gasteiger partial charge in [-0.05, 0) is 18.1 Å². The van der Waals surface area contributed by atoms with E-state index in [1.54, 1.807) is 18.2 Å². The van der Waals surface area contributed by atoms with Gasteiger partial charge in [-0.1, -0.05) is 13.8 Å². The van der Waals surface area contributed by atoms with Crippen LogP contribution in [0.4, 0.5) is 5.69 Å². The number of aromatic nitrogens is 1. The van der Waals surface area contributed by atoms with Crippen molar-refractivity contribution in [2.45, 2.75) is 19.9 Å². The molecular weight excluding hydrogens is 286 g/mol. The molecule has 1 atom stereocenters. The van der Waals surface area contributed by atoms with Crippen LogP contribution in [-0.2, 0) is 0 Å². The van der Waals surface area contributed by atoms with E-state index in [4.69, 9.17) is 19.6 Å². The Labute approximate surface area is 127 Å². The van der Waals surface area contributed by atoms with Crippen molar-refractivity contribution in [2.75, 3.05) is 12.1 Å². The van der Waals surface area contributed by atoms with Gasteiger partial charge in [0, 0.05) is 11.8 Å². The molecule has 2 aromatic rings. The summed E-state index contributed by atoms with van der Waals surface area (Å²) in [4.78, 5) is 16.3.